The zero-order valence-electron chi connectivity index (χ0n) is 25.2. The van der Waals surface area contributed by atoms with Gasteiger partial charge in [0.15, 0.2) is 11.5 Å². The van der Waals surface area contributed by atoms with Crippen LogP contribution >= 0.6 is 0 Å². The molecule has 2 aromatic rings. The van der Waals surface area contributed by atoms with Crippen LogP contribution in [-0.4, -0.2) is 95.3 Å². The molecule has 5 N–H and O–H groups in total. The molecule has 228 valence electrons. The number of rotatable bonds is 8. The Labute approximate surface area is 248 Å². The molecule has 3 fully saturated rings. The van der Waals surface area contributed by atoms with Gasteiger partial charge in [-0.2, -0.15) is 0 Å². The summed E-state index contributed by atoms with van der Waals surface area (Å²) >= 11 is 0. The number of aliphatic hydroxyl groups is 1. The van der Waals surface area contributed by atoms with Crippen LogP contribution in [0.5, 0.6) is 0 Å². The lowest BCUT2D eigenvalue weighted by molar-refractivity contribution is 0.0996. The number of carbonyl (C=O) groups excluding carboxylic acids is 2. The maximum atomic E-state index is 12.3. The van der Waals surface area contributed by atoms with Gasteiger partial charge < -0.3 is 36.2 Å². The fraction of sp³-hybridized carbons (Fsp3) is 0.613. The number of anilines is 3. The van der Waals surface area contributed by atoms with Gasteiger partial charge in [-0.05, 0) is 74.7 Å². The molecule has 11 heteroatoms. The van der Waals surface area contributed by atoms with Gasteiger partial charge in [-0.1, -0.05) is 31.9 Å². The second kappa shape index (κ2) is 12.8. The number of hydrogen-bond donors (Lipinski definition) is 4. The van der Waals surface area contributed by atoms with E-state index < -0.39 is 5.91 Å². The van der Waals surface area contributed by atoms with Crippen LogP contribution in [0.1, 0.15) is 74.3 Å². The summed E-state index contributed by atoms with van der Waals surface area (Å²) in [5.74, 6) is 0.0895. The summed E-state index contributed by atoms with van der Waals surface area (Å²) in [6.07, 6.45) is 10.8. The van der Waals surface area contributed by atoms with E-state index in [9.17, 15) is 14.7 Å². The lowest BCUT2D eigenvalue weighted by Crippen LogP contribution is -2.58. The van der Waals surface area contributed by atoms with Gasteiger partial charge in [0.25, 0.3) is 5.91 Å². The van der Waals surface area contributed by atoms with E-state index in [1.165, 1.54) is 42.3 Å². The lowest BCUT2D eigenvalue weighted by Gasteiger charge is -2.42. The highest BCUT2D eigenvalue weighted by Crippen LogP contribution is 2.38. The standard InChI is InChI=1S/C31H46N8O3/c1-31(14-17-38(18-15-31)23-7-4-5-8-23)21-10-12-22(13-11-21)34-29-27(28(32)41)33-19-26(36-29)39-16-6-9-24(25(39)20-40)35-30(42)37(2)3/h10-13,19,23-25,40H,4-9,14-18,20H2,1-3H3,(H2,32,41)(H,34,36)(H,35,42)/t24-,25-/m0/s1. The van der Waals surface area contributed by atoms with Gasteiger partial charge in [0.05, 0.1) is 24.9 Å². The first kappa shape index (κ1) is 30.0. The largest absolute Gasteiger partial charge is 0.394 e. The van der Waals surface area contributed by atoms with Crippen LogP contribution in [0.25, 0.3) is 0 Å². The molecule has 2 aliphatic heterocycles. The second-order valence-corrected chi connectivity index (χ2v) is 12.6. The number of aliphatic hydroxyl groups excluding tert-OH is 1. The number of urea groups is 1. The molecule has 3 heterocycles. The number of nitrogens with zero attached hydrogens (tertiary/aromatic N) is 5. The van der Waals surface area contributed by atoms with Crippen molar-refractivity contribution < 1.29 is 14.7 Å². The first-order valence-electron chi connectivity index (χ1n) is 15.3. The summed E-state index contributed by atoms with van der Waals surface area (Å²) in [4.78, 5) is 39.8. The van der Waals surface area contributed by atoms with Crippen LogP contribution in [0.2, 0.25) is 0 Å². The van der Waals surface area contributed by atoms with Gasteiger partial charge in [0.1, 0.15) is 5.82 Å². The Hall–Kier alpha value is -3.44. The van der Waals surface area contributed by atoms with E-state index in [2.05, 4.69) is 39.6 Å². The Kier molecular flexibility index (Phi) is 9.17. The topological polar surface area (TPSA) is 140 Å². The molecule has 1 aromatic carbocycles. The molecule has 11 nitrogen and oxygen atoms in total. The van der Waals surface area contributed by atoms with Gasteiger partial charge >= 0.3 is 6.03 Å². The lowest BCUT2D eigenvalue weighted by atomic mass is 9.74. The van der Waals surface area contributed by atoms with Crippen molar-refractivity contribution in [2.24, 2.45) is 5.73 Å². The number of primary amides is 1. The third-order valence-corrected chi connectivity index (χ3v) is 9.56. The molecule has 0 spiro atoms. The minimum Gasteiger partial charge on any atom is -0.394 e. The normalized spacial score (nSPS) is 23.0. The van der Waals surface area contributed by atoms with Crippen LogP contribution in [0.4, 0.5) is 22.1 Å². The predicted molar refractivity (Wildman–Crippen MR) is 164 cm³/mol. The SMILES string of the molecule is CN(C)C(=O)N[C@H]1CCCN(c2cnc(C(N)=O)c(Nc3ccc(C4(C)CCN(C5CCCC5)CC4)cc3)n2)[C@H]1CO. The average molecular weight is 579 g/mol. The van der Waals surface area contributed by atoms with Gasteiger partial charge in [-0.15, -0.1) is 0 Å². The Bertz CT molecular complexity index is 1240. The van der Waals surface area contributed by atoms with Crippen molar-refractivity contribution in [1.29, 1.82) is 0 Å². The summed E-state index contributed by atoms with van der Waals surface area (Å²) in [6.45, 7) is 5.13. The molecule has 1 aliphatic carbocycles. The molecule has 42 heavy (non-hydrogen) atoms. The molecule has 1 aromatic heterocycles. The predicted octanol–water partition coefficient (Wildman–Crippen LogP) is 3.22. The first-order valence-corrected chi connectivity index (χ1v) is 15.3. The molecule has 0 unspecified atom stereocenters. The molecule has 3 aliphatic rings. The highest BCUT2D eigenvalue weighted by atomic mass is 16.3. The Morgan fingerprint density at radius 1 is 1.07 bits per heavy atom. The van der Waals surface area contributed by atoms with Gasteiger partial charge in [-0.25, -0.2) is 14.8 Å². The van der Waals surface area contributed by atoms with Crippen molar-refractivity contribution in [3.8, 4) is 0 Å². The van der Waals surface area contributed by atoms with Gasteiger partial charge in [0, 0.05) is 32.4 Å². The number of aromatic nitrogens is 2. The van der Waals surface area contributed by atoms with Crippen LogP contribution in [0, 0.1) is 0 Å². The number of amides is 3. The number of likely N-dealkylation sites (tertiary alicyclic amines) is 1. The number of nitrogens with one attached hydrogen (secondary N) is 2. The third kappa shape index (κ3) is 6.47. The quantitative estimate of drug-likeness (QED) is 0.374. The van der Waals surface area contributed by atoms with E-state index in [1.807, 2.05) is 17.0 Å². The minimum absolute atomic E-state index is 0.0455. The molecule has 2 atom stereocenters. The average Bonchev–Trinajstić information content (AvgIpc) is 3.53. The number of piperidine rings is 2. The van der Waals surface area contributed by atoms with E-state index in [4.69, 9.17) is 10.7 Å². The highest BCUT2D eigenvalue weighted by Gasteiger charge is 2.36. The summed E-state index contributed by atoms with van der Waals surface area (Å²) in [6, 6.07) is 8.29. The fourth-order valence-corrected chi connectivity index (χ4v) is 6.84. The highest BCUT2D eigenvalue weighted by molar-refractivity contribution is 5.96. The van der Waals surface area contributed by atoms with Crippen LogP contribution in [0.15, 0.2) is 30.5 Å². The number of hydrogen-bond acceptors (Lipinski definition) is 8. The number of nitrogens with two attached hydrogens (primary N) is 1. The first-order chi connectivity index (χ1) is 20.2. The van der Waals surface area contributed by atoms with E-state index in [0.29, 0.717) is 12.4 Å². The molecule has 5 rings (SSSR count). The Balaban J connectivity index is 1.31. The van der Waals surface area contributed by atoms with Crippen molar-refractivity contribution in [1.82, 2.24) is 25.1 Å². The summed E-state index contributed by atoms with van der Waals surface area (Å²) in [7, 11) is 3.37. The summed E-state index contributed by atoms with van der Waals surface area (Å²) in [5, 5.41) is 16.5. The fourth-order valence-electron chi connectivity index (χ4n) is 6.84. The van der Waals surface area contributed by atoms with Gasteiger partial charge in [-0.3, -0.25) is 4.79 Å². The zero-order chi connectivity index (χ0) is 29.9. The van der Waals surface area contributed by atoms with E-state index >= 15 is 0 Å². The Morgan fingerprint density at radius 3 is 2.38 bits per heavy atom. The smallest absolute Gasteiger partial charge is 0.317 e. The van der Waals surface area contributed by atoms with E-state index in [1.54, 1.807) is 14.1 Å². The molecule has 2 saturated heterocycles. The maximum Gasteiger partial charge on any atom is 0.317 e. The number of benzene rings is 1. The summed E-state index contributed by atoms with van der Waals surface area (Å²) < 4.78 is 0. The zero-order valence-corrected chi connectivity index (χ0v) is 25.2. The van der Waals surface area contributed by atoms with E-state index in [-0.39, 0.29) is 41.6 Å². The van der Waals surface area contributed by atoms with Crippen LogP contribution in [-0.2, 0) is 5.41 Å². The second-order valence-electron chi connectivity index (χ2n) is 12.6. The van der Waals surface area contributed by atoms with E-state index in [0.717, 1.165) is 50.5 Å². The molecule has 3 amide bonds. The van der Waals surface area contributed by atoms with Crippen molar-refractivity contribution >= 4 is 29.3 Å². The van der Waals surface area contributed by atoms with Crippen molar-refractivity contribution in [3.63, 3.8) is 0 Å². The molecule has 0 bridgehead atoms. The molecular formula is C31H46N8O3. The van der Waals surface area contributed by atoms with Crippen molar-refractivity contribution in [2.45, 2.75) is 81.8 Å². The van der Waals surface area contributed by atoms with Crippen LogP contribution in [0.3, 0.4) is 0 Å². The Morgan fingerprint density at radius 2 is 1.76 bits per heavy atom. The molecular weight excluding hydrogens is 532 g/mol. The van der Waals surface area contributed by atoms with Gasteiger partial charge in [0.2, 0.25) is 0 Å². The number of carbonyl (C=O) groups is 2. The summed E-state index contributed by atoms with van der Waals surface area (Å²) in [5.41, 5.74) is 7.95. The maximum absolute atomic E-state index is 12.3. The molecule has 1 saturated carbocycles. The molecule has 0 radical (unpaired) electrons. The van der Waals surface area contributed by atoms with Crippen LogP contribution < -0.4 is 21.3 Å². The monoisotopic (exact) mass is 578 g/mol. The van der Waals surface area contributed by atoms with Crippen molar-refractivity contribution in [3.05, 3.63) is 41.7 Å². The van der Waals surface area contributed by atoms with Crippen molar-refractivity contribution in [2.75, 3.05) is 50.6 Å². The minimum atomic E-state index is -0.678. The third-order valence-electron chi connectivity index (χ3n) is 9.56.